The molecule has 1 saturated heterocycles. The lowest BCUT2D eigenvalue weighted by Crippen LogP contribution is -2.49. The van der Waals surface area contributed by atoms with E-state index in [4.69, 9.17) is 5.11 Å². The number of carboxylic acid groups (broad SMARTS) is 1. The number of carbonyl (C=O) groups is 2. The number of aliphatic carboxylic acids is 1. The van der Waals surface area contributed by atoms with Gasteiger partial charge in [0.15, 0.2) is 0 Å². The molecule has 1 aliphatic rings. The van der Waals surface area contributed by atoms with Crippen LogP contribution >= 0.6 is 11.8 Å². The number of rotatable bonds is 4. The summed E-state index contributed by atoms with van der Waals surface area (Å²) < 4.78 is 1.10. The highest BCUT2D eigenvalue weighted by Gasteiger charge is 2.28. The lowest BCUT2D eigenvalue weighted by atomic mass is 10.2. The fraction of sp³-hybridized carbons (Fsp3) is 0.500. The van der Waals surface area contributed by atoms with Crippen LogP contribution in [-0.4, -0.2) is 55.5 Å². The average Bonchev–Trinajstić information content (AvgIpc) is 2.42. The van der Waals surface area contributed by atoms with E-state index in [2.05, 4.69) is 4.98 Å². The van der Waals surface area contributed by atoms with Crippen LogP contribution in [0.3, 0.4) is 0 Å². The molecule has 1 unspecified atom stereocenters. The van der Waals surface area contributed by atoms with Crippen molar-refractivity contribution >= 4 is 23.6 Å². The van der Waals surface area contributed by atoms with Gasteiger partial charge in [-0.1, -0.05) is 0 Å². The van der Waals surface area contributed by atoms with Gasteiger partial charge in [-0.2, -0.15) is 11.8 Å². The van der Waals surface area contributed by atoms with Crippen molar-refractivity contribution in [3.63, 3.8) is 0 Å². The van der Waals surface area contributed by atoms with E-state index in [0.29, 0.717) is 12.3 Å². The maximum Gasteiger partial charge on any atom is 0.328 e. The van der Waals surface area contributed by atoms with Gasteiger partial charge < -0.3 is 10.0 Å². The van der Waals surface area contributed by atoms with E-state index in [-0.39, 0.29) is 24.9 Å². The summed E-state index contributed by atoms with van der Waals surface area (Å²) in [6.45, 7) is 0.246. The normalized spacial score (nSPS) is 18.5. The smallest absolute Gasteiger partial charge is 0.328 e. The van der Waals surface area contributed by atoms with Crippen molar-refractivity contribution in [2.45, 2.75) is 19.0 Å². The molecule has 0 radical (unpaired) electrons. The molecule has 0 bridgehead atoms. The second kappa shape index (κ2) is 6.61. The van der Waals surface area contributed by atoms with Crippen molar-refractivity contribution in [1.29, 1.82) is 0 Å². The number of carboxylic acids is 1. The van der Waals surface area contributed by atoms with Crippen LogP contribution in [0.2, 0.25) is 0 Å². The van der Waals surface area contributed by atoms with E-state index in [1.165, 1.54) is 11.1 Å². The topological polar surface area (TPSA) is 112 Å². The first-order valence-corrected chi connectivity index (χ1v) is 7.51. The Hall–Kier alpha value is -2.03. The van der Waals surface area contributed by atoms with Crippen LogP contribution in [0.15, 0.2) is 21.9 Å². The second-order valence-corrected chi connectivity index (χ2v) is 5.80. The van der Waals surface area contributed by atoms with Gasteiger partial charge in [0.1, 0.15) is 6.54 Å². The van der Waals surface area contributed by atoms with E-state index in [0.717, 1.165) is 16.4 Å². The Labute approximate surface area is 123 Å². The van der Waals surface area contributed by atoms with Gasteiger partial charge in [0, 0.05) is 30.3 Å². The first-order chi connectivity index (χ1) is 9.97. The fourth-order valence-corrected chi connectivity index (χ4v) is 3.22. The molecule has 1 amide bonds. The lowest BCUT2D eigenvalue weighted by Gasteiger charge is -2.34. The van der Waals surface area contributed by atoms with Crippen LogP contribution in [0, 0.1) is 0 Å². The molecule has 9 heteroatoms. The highest BCUT2D eigenvalue weighted by Crippen LogP contribution is 2.19. The standard InChI is InChI=1S/C12H15N3O5S/c16-9-1-2-14(12(20)13-9)6-10(17)15-3-4-21-7-8(15)5-11(18)19/h1-2,8H,3-7H2,(H,18,19)(H,13,16,20). The molecule has 2 heterocycles. The molecule has 21 heavy (non-hydrogen) atoms. The molecule has 0 saturated carbocycles. The van der Waals surface area contributed by atoms with E-state index < -0.39 is 17.2 Å². The predicted molar refractivity (Wildman–Crippen MR) is 76.4 cm³/mol. The highest BCUT2D eigenvalue weighted by atomic mass is 32.2. The van der Waals surface area contributed by atoms with Crippen LogP contribution in [0.5, 0.6) is 0 Å². The number of thioether (sulfide) groups is 1. The van der Waals surface area contributed by atoms with Crippen molar-refractivity contribution in [3.05, 3.63) is 33.1 Å². The molecule has 8 nitrogen and oxygen atoms in total. The maximum atomic E-state index is 12.3. The van der Waals surface area contributed by atoms with E-state index in [1.54, 1.807) is 11.8 Å². The minimum atomic E-state index is -0.957. The highest BCUT2D eigenvalue weighted by molar-refractivity contribution is 7.99. The summed E-state index contributed by atoms with van der Waals surface area (Å²) in [4.78, 5) is 49.2. The Morgan fingerprint density at radius 3 is 2.86 bits per heavy atom. The Balaban J connectivity index is 2.11. The van der Waals surface area contributed by atoms with Gasteiger partial charge in [-0.05, 0) is 0 Å². The van der Waals surface area contributed by atoms with Gasteiger partial charge in [0.25, 0.3) is 5.56 Å². The Morgan fingerprint density at radius 2 is 2.19 bits per heavy atom. The van der Waals surface area contributed by atoms with Crippen LogP contribution in [0.1, 0.15) is 6.42 Å². The Bertz CT molecular complexity index is 653. The van der Waals surface area contributed by atoms with E-state index in [1.807, 2.05) is 0 Å². The molecule has 0 aromatic carbocycles. The van der Waals surface area contributed by atoms with Crippen molar-refractivity contribution in [2.24, 2.45) is 0 Å². The van der Waals surface area contributed by atoms with Gasteiger partial charge in [-0.15, -0.1) is 0 Å². The molecular weight excluding hydrogens is 298 g/mol. The molecule has 1 aliphatic heterocycles. The molecule has 1 aromatic heterocycles. The molecular formula is C12H15N3O5S. The van der Waals surface area contributed by atoms with Crippen molar-refractivity contribution < 1.29 is 14.7 Å². The monoisotopic (exact) mass is 313 g/mol. The number of nitrogens with one attached hydrogen (secondary N) is 1. The summed E-state index contributed by atoms with van der Waals surface area (Å²) in [5.74, 6) is 0.0261. The molecule has 1 aromatic rings. The summed E-state index contributed by atoms with van der Waals surface area (Å²) >= 11 is 1.60. The molecule has 2 rings (SSSR count). The lowest BCUT2D eigenvalue weighted by molar-refractivity contribution is -0.140. The third-order valence-electron chi connectivity index (χ3n) is 3.16. The van der Waals surface area contributed by atoms with Crippen LogP contribution < -0.4 is 11.2 Å². The van der Waals surface area contributed by atoms with Crippen LogP contribution in [0.25, 0.3) is 0 Å². The molecule has 0 spiro atoms. The van der Waals surface area contributed by atoms with Gasteiger partial charge in [0.2, 0.25) is 5.91 Å². The summed E-state index contributed by atoms with van der Waals surface area (Å²) in [7, 11) is 0. The summed E-state index contributed by atoms with van der Waals surface area (Å²) in [6, 6.07) is 0.794. The SMILES string of the molecule is O=C(O)CC1CSCCN1C(=O)Cn1ccc(=O)[nH]c1=O. The number of aromatic amines is 1. The van der Waals surface area contributed by atoms with Gasteiger partial charge in [-0.3, -0.25) is 23.9 Å². The second-order valence-electron chi connectivity index (χ2n) is 4.65. The first kappa shape index (κ1) is 15.4. The zero-order chi connectivity index (χ0) is 15.4. The minimum Gasteiger partial charge on any atom is -0.481 e. The van der Waals surface area contributed by atoms with Crippen molar-refractivity contribution in [1.82, 2.24) is 14.5 Å². The number of hydrogen-bond donors (Lipinski definition) is 2. The summed E-state index contributed by atoms with van der Waals surface area (Å²) in [5, 5.41) is 8.89. The largest absolute Gasteiger partial charge is 0.481 e. The van der Waals surface area contributed by atoms with Crippen molar-refractivity contribution in [2.75, 3.05) is 18.1 Å². The first-order valence-electron chi connectivity index (χ1n) is 6.36. The number of carbonyl (C=O) groups excluding carboxylic acids is 1. The zero-order valence-corrected chi connectivity index (χ0v) is 12.0. The van der Waals surface area contributed by atoms with Crippen molar-refractivity contribution in [3.8, 4) is 0 Å². The number of aromatic nitrogens is 2. The van der Waals surface area contributed by atoms with Gasteiger partial charge in [-0.25, -0.2) is 4.79 Å². The molecule has 0 aliphatic carbocycles. The number of H-pyrrole nitrogens is 1. The summed E-state index contributed by atoms with van der Waals surface area (Å²) in [5.41, 5.74) is -1.18. The molecule has 114 valence electrons. The molecule has 1 fully saturated rings. The van der Waals surface area contributed by atoms with Crippen LogP contribution in [-0.2, 0) is 16.1 Å². The fourth-order valence-electron chi connectivity index (χ4n) is 2.16. The van der Waals surface area contributed by atoms with E-state index >= 15 is 0 Å². The third-order valence-corrected chi connectivity index (χ3v) is 4.25. The maximum absolute atomic E-state index is 12.3. The number of hydrogen-bond acceptors (Lipinski definition) is 5. The molecule has 1 atom stereocenters. The quantitative estimate of drug-likeness (QED) is 0.734. The Morgan fingerprint density at radius 1 is 1.43 bits per heavy atom. The third kappa shape index (κ3) is 3.97. The average molecular weight is 313 g/mol. The Kier molecular flexibility index (Phi) is 4.84. The number of nitrogens with zero attached hydrogens (tertiary/aromatic N) is 2. The predicted octanol–water partition coefficient (Wildman–Crippen LogP) is -1.04. The molecule has 2 N–H and O–H groups in total. The minimum absolute atomic E-state index is 0.112. The van der Waals surface area contributed by atoms with E-state index in [9.17, 15) is 19.2 Å². The van der Waals surface area contributed by atoms with Crippen LogP contribution in [0.4, 0.5) is 0 Å². The number of amides is 1. The zero-order valence-electron chi connectivity index (χ0n) is 11.2. The summed E-state index contributed by atoms with van der Waals surface area (Å²) in [6.07, 6.45) is 1.14. The van der Waals surface area contributed by atoms with Gasteiger partial charge >= 0.3 is 11.7 Å². The van der Waals surface area contributed by atoms with Gasteiger partial charge in [0.05, 0.1) is 12.5 Å².